The quantitative estimate of drug-likeness (QED) is 0.886. The molecule has 126 valence electrons. The van der Waals surface area contributed by atoms with Gasteiger partial charge in [0.05, 0.1) is 5.41 Å². The summed E-state index contributed by atoms with van der Waals surface area (Å²) in [6, 6.07) is 7.35. The van der Waals surface area contributed by atoms with E-state index in [0.717, 1.165) is 5.56 Å². The number of carboxylic acid groups (broad SMARTS) is 1. The zero-order valence-corrected chi connectivity index (χ0v) is 14.5. The molecule has 2 amide bonds. The van der Waals surface area contributed by atoms with E-state index < -0.39 is 11.4 Å². The molecule has 1 aromatic carbocycles. The van der Waals surface area contributed by atoms with E-state index in [4.69, 9.17) is 11.6 Å². The third-order valence-electron chi connectivity index (χ3n) is 4.56. The Balaban J connectivity index is 1.97. The molecular weight excluding hydrogens is 316 g/mol. The van der Waals surface area contributed by atoms with Crippen LogP contribution in [0.5, 0.6) is 0 Å². The third kappa shape index (κ3) is 3.78. The predicted octanol–water partition coefficient (Wildman–Crippen LogP) is 3.12. The second-order valence-corrected chi connectivity index (χ2v) is 7.47. The molecule has 0 aliphatic carbocycles. The van der Waals surface area contributed by atoms with Crippen molar-refractivity contribution in [1.29, 1.82) is 0 Å². The van der Waals surface area contributed by atoms with Crippen molar-refractivity contribution in [3.63, 3.8) is 0 Å². The number of urea groups is 1. The van der Waals surface area contributed by atoms with Gasteiger partial charge < -0.3 is 15.3 Å². The number of benzene rings is 1. The number of carboxylic acids is 1. The highest BCUT2D eigenvalue weighted by Gasteiger charge is 2.42. The minimum absolute atomic E-state index is 0.227. The summed E-state index contributed by atoms with van der Waals surface area (Å²) in [5, 5.41) is 12.8. The van der Waals surface area contributed by atoms with Crippen LogP contribution in [0, 0.1) is 5.41 Å². The summed E-state index contributed by atoms with van der Waals surface area (Å²) in [6.45, 7) is 6.83. The Labute approximate surface area is 141 Å². The van der Waals surface area contributed by atoms with Crippen LogP contribution in [0.1, 0.15) is 32.8 Å². The number of hydrogen-bond acceptors (Lipinski definition) is 2. The smallest absolute Gasteiger partial charge is 0.317 e. The number of carbonyl (C=O) groups is 2. The summed E-state index contributed by atoms with van der Waals surface area (Å²) in [6.07, 6.45) is 0.476. The average molecular weight is 339 g/mol. The molecule has 0 aromatic heterocycles. The number of likely N-dealkylation sites (tertiary alicyclic amines) is 1. The second kappa shape index (κ2) is 6.40. The van der Waals surface area contributed by atoms with Gasteiger partial charge in [-0.2, -0.15) is 0 Å². The second-order valence-electron chi connectivity index (χ2n) is 7.06. The molecule has 0 spiro atoms. The molecule has 2 rings (SSSR count). The van der Waals surface area contributed by atoms with Crippen LogP contribution in [0.4, 0.5) is 4.79 Å². The van der Waals surface area contributed by atoms with Gasteiger partial charge in [-0.15, -0.1) is 0 Å². The number of nitrogens with one attached hydrogen (secondary N) is 1. The Kier molecular flexibility index (Phi) is 4.90. The highest BCUT2D eigenvalue weighted by Crippen LogP contribution is 2.31. The van der Waals surface area contributed by atoms with Gasteiger partial charge >= 0.3 is 12.0 Å². The maximum atomic E-state index is 12.3. The Morgan fingerprint density at radius 2 is 2.04 bits per heavy atom. The van der Waals surface area contributed by atoms with Crippen molar-refractivity contribution in [2.24, 2.45) is 5.41 Å². The van der Waals surface area contributed by atoms with E-state index in [-0.39, 0.29) is 18.0 Å². The summed E-state index contributed by atoms with van der Waals surface area (Å²) in [4.78, 5) is 25.1. The average Bonchev–Trinajstić information content (AvgIpc) is 2.89. The van der Waals surface area contributed by atoms with Crippen LogP contribution in [0.2, 0.25) is 5.02 Å². The van der Waals surface area contributed by atoms with E-state index in [2.05, 4.69) is 5.32 Å². The van der Waals surface area contributed by atoms with E-state index in [9.17, 15) is 14.7 Å². The molecule has 1 aliphatic rings. The summed E-state index contributed by atoms with van der Waals surface area (Å²) < 4.78 is 0. The highest BCUT2D eigenvalue weighted by atomic mass is 35.5. The van der Waals surface area contributed by atoms with Crippen LogP contribution in [-0.4, -0.2) is 41.6 Å². The number of rotatable bonds is 4. The Bertz CT molecular complexity index is 618. The molecule has 6 heteroatoms. The monoisotopic (exact) mass is 338 g/mol. The molecule has 5 nitrogen and oxygen atoms in total. The van der Waals surface area contributed by atoms with Gasteiger partial charge in [0.25, 0.3) is 0 Å². The third-order valence-corrected chi connectivity index (χ3v) is 4.89. The van der Waals surface area contributed by atoms with E-state index >= 15 is 0 Å². The van der Waals surface area contributed by atoms with Crippen molar-refractivity contribution >= 4 is 23.6 Å². The number of carbonyl (C=O) groups excluding carboxylic acids is 1. The van der Waals surface area contributed by atoms with Crippen LogP contribution in [0.15, 0.2) is 24.3 Å². The first-order valence-electron chi connectivity index (χ1n) is 7.67. The molecule has 1 aromatic rings. The van der Waals surface area contributed by atoms with Crippen molar-refractivity contribution in [3.8, 4) is 0 Å². The van der Waals surface area contributed by atoms with Crippen molar-refractivity contribution in [2.45, 2.75) is 32.6 Å². The van der Waals surface area contributed by atoms with Gasteiger partial charge in [0, 0.05) is 30.1 Å². The number of nitrogens with zero attached hydrogens (tertiary/aromatic N) is 1. The molecule has 1 aliphatic heterocycles. The first-order chi connectivity index (χ1) is 10.7. The summed E-state index contributed by atoms with van der Waals surface area (Å²) in [5.74, 6) is -0.857. The largest absolute Gasteiger partial charge is 0.481 e. The minimum Gasteiger partial charge on any atom is -0.481 e. The maximum absolute atomic E-state index is 12.3. The van der Waals surface area contributed by atoms with Crippen LogP contribution in [0.25, 0.3) is 0 Å². The highest BCUT2D eigenvalue weighted by molar-refractivity contribution is 6.31. The molecule has 23 heavy (non-hydrogen) atoms. The summed E-state index contributed by atoms with van der Waals surface area (Å²) in [5.41, 5.74) is -0.196. The van der Waals surface area contributed by atoms with E-state index in [1.54, 1.807) is 11.8 Å². The van der Waals surface area contributed by atoms with E-state index in [0.29, 0.717) is 24.5 Å². The van der Waals surface area contributed by atoms with Crippen molar-refractivity contribution in [2.75, 3.05) is 19.6 Å². The Hall–Kier alpha value is -1.75. The van der Waals surface area contributed by atoms with Crippen molar-refractivity contribution < 1.29 is 14.7 Å². The van der Waals surface area contributed by atoms with Gasteiger partial charge in [-0.05, 0) is 25.0 Å². The van der Waals surface area contributed by atoms with Crippen LogP contribution in [0.3, 0.4) is 0 Å². The molecular formula is C17H23ClN2O3. The van der Waals surface area contributed by atoms with Gasteiger partial charge in [-0.3, -0.25) is 4.79 Å². The number of halogens is 1. The topological polar surface area (TPSA) is 69.6 Å². The summed E-state index contributed by atoms with van der Waals surface area (Å²) in [7, 11) is 0. The molecule has 0 radical (unpaired) electrons. The normalized spacial score (nSPS) is 21.3. The van der Waals surface area contributed by atoms with Gasteiger partial charge in [0.15, 0.2) is 0 Å². The molecule has 1 fully saturated rings. The molecule has 0 saturated carbocycles. The molecule has 1 unspecified atom stereocenters. The predicted molar refractivity (Wildman–Crippen MR) is 89.8 cm³/mol. The maximum Gasteiger partial charge on any atom is 0.317 e. The van der Waals surface area contributed by atoms with Crippen molar-refractivity contribution in [1.82, 2.24) is 10.2 Å². The molecule has 0 bridgehead atoms. The van der Waals surface area contributed by atoms with Crippen LogP contribution >= 0.6 is 11.6 Å². The van der Waals surface area contributed by atoms with Gasteiger partial charge in [-0.1, -0.05) is 43.6 Å². The van der Waals surface area contributed by atoms with Gasteiger partial charge in [0.1, 0.15) is 0 Å². The molecule has 2 N–H and O–H groups in total. The Morgan fingerprint density at radius 3 is 2.61 bits per heavy atom. The standard InChI is InChI=1S/C17H23ClN2O3/c1-16(2,12-6-4-5-7-13(12)18)10-19-15(23)20-9-8-17(3,11-20)14(21)22/h4-7H,8-11H2,1-3H3,(H,19,23)(H,21,22). The fraction of sp³-hybridized carbons (Fsp3) is 0.529. The lowest BCUT2D eigenvalue weighted by Crippen LogP contribution is -2.45. The van der Waals surface area contributed by atoms with Crippen LogP contribution < -0.4 is 5.32 Å². The molecule has 1 heterocycles. The van der Waals surface area contributed by atoms with E-state index in [1.165, 1.54) is 0 Å². The SMILES string of the molecule is CC1(C(=O)O)CCN(C(=O)NCC(C)(C)c2ccccc2Cl)C1. The first kappa shape index (κ1) is 17.6. The Morgan fingerprint density at radius 1 is 1.39 bits per heavy atom. The zero-order chi connectivity index (χ0) is 17.3. The van der Waals surface area contributed by atoms with Crippen LogP contribution in [-0.2, 0) is 10.2 Å². The number of amides is 2. The molecule has 1 atom stereocenters. The van der Waals surface area contributed by atoms with Gasteiger partial charge in [-0.25, -0.2) is 4.79 Å². The lowest BCUT2D eigenvalue weighted by Gasteiger charge is -2.28. The number of aliphatic carboxylic acids is 1. The minimum atomic E-state index is -0.857. The fourth-order valence-corrected chi connectivity index (χ4v) is 3.21. The van der Waals surface area contributed by atoms with Crippen molar-refractivity contribution in [3.05, 3.63) is 34.9 Å². The lowest BCUT2D eigenvalue weighted by molar-refractivity contribution is -0.147. The first-order valence-corrected chi connectivity index (χ1v) is 8.05. The zero-order valence-electron chi connectivity index (χ0n) is 13.7. The van der Waals surface area contributed by atoms with E-state index in [1.807, 2.05) is 38.1 Å². The number of hydrogen-bond donors (Lipinski definition) is 2. The molecule has 1 saturated heterocycles. The fourth-order valence-electron chi connectivity index (χ4n) is 2.82. The van der Waals surface area contributed by atoms with Gasteiger partial charge in [0.2, 0.25) is 0 Å². The lowest BCUT2D eigenvalue weighted by atomic mass is 9.84. The summed E-state index contributed by atoms with van der Waals surface area (Å²) >= 11 is 6.24.